The monoisotopic (exact) mass is 151 g/mol. The topological polar surface area (TPSA) is 53.4 Å². The molecule has 0 saturated carbocycles. The molecule has 1 heterocycles. The summed E-state index contributed by atoms with van der Waals surface area (Å²) in [6.45, 7) is 0. The van der Waals surface area contributed by atoms with Gasteiger partial charge in [-0.25, -0.2) is 0 Å². The van der Waals surface area contributed by atoms with Crippen molar-refractivity contribution < 1.29 is 10.2 Å². The summed E-state index contributed by atoms with van der Waals surface area (Å²) >= 11 is 5.96. The van der Waals surface area contributed by atoms with E-state index in [1.54, 1.807) is 0 Å². The molecule has 0 fully saturated rings. The van der Waals surface area contributed by atoms with Crippen molar-refractivity contribution in [2.45, 2.75) is 0 Å². The summed E-state index contributed by atoms with van der Waals surface area (Å²) in [5, 5.41) is 16.7. The molecule has 0 saturated heterocycles. The molecule has 0 radical (unpaired) electrons. The van der Waals surface area contributed by atoms with E-state index in [-0.39, 0.29) is 15.4 Å². The van der Waals surface area contributed by atoms with Crippen molar-refractivity contribution in [2.75, 3.05) is 0 Å². The van der Waals surface area contributed by atoms with Gasteiger partial charge in [0.25, 0.3) is 5.19 Å². The molecule has 2 N–H and O–H groups in total. The molecule has 0 amide bonds. The van der Waals surface area contributed by atoms with Crippen molar-refractivity contribution in [3.8, 4) is 10.3 Å². The van der Waals surface area contributed by atoms with Crippen molar-refractivity contribution in [3.05, 3.63) is 5.15 Å². The molecule has 0 unspecified atom stereocenters. The Morgan fingerprint density at radius 3 is 2.25 bits per heavy atom. The Bertz CT molecular complexity index is 180. The van der Waals surface area contributed by atoms with Crippen molar-refractivity contribution in [1.29, 1.82) is 0 Å². The molecule has 0 spiro atoms. The van der Waals surface area contributed by atoms with Gasteiger partial charge in [0.1, 0.15) is 0 Å². The first-order valence-electron chi connectivity index (χ1n) is 1.74. The fraction of sp³-hybridized carbons (Fsp3) is 0. The Labute approximate surface area is 54.2 Å². The summed E-state index contributed by atoms with van der Waals surface area (Å²) in [6.07, 6.45) is 0. The van der Waals surface area contributed by atoms with Crippen LogP contribution in [0.1, 0.15) is 0 Å². The number of aromatic nitrogens is 1. The average molecular weight is 152 g/mol. The van der Waals surface area contributed by atoms with E-state index in [9.17, 15) is 0 Å². The molecule has 0 aliphatic heterocycles. The molecular formula is C3H2ClNO2S. The lowest BCUT2D eigenvalue weighted by Crippen LogP contribution is -1.58. The van der Waals surface area contributed by atoms with E-state index < -0.39 is 0 Å². The van der Waals surface area contributed by atoms with E-state index in [0.717, 1.165) is 11.3 Å². The van der Waals surface area contributed by atoms with Crippen molar-refractivity contribution >= 4 is 22.9 Å². The van der Waals surface area contributed by atoms with Crippen LogP contribution in [0.25, 0.3) is 0 Å². The third kappa shape index (κ3) is 0.850. The number of hydrogen-bond donors (Lipinski definition) is 2. The van der Waals surface area contributed by atoms with Gasteiger partial charge in [0, 0.05) is 0 Å². The smallest absolute Gasteiger partial charge is 0.275 e. The molecule has 44 valence electrons. The largest absolute Gasteiger partial charge is 0.497 e. The summed E-state index contributed by atoms with van der Waals surface area (Å²) in [5.74, 6) is 0. The molecule has 5 heteroatoms. The zero-order chi connectivity index (χ0) is 6.15. The van der Waals surface area contributed by atoms with Gasteiger partial charge in [-0.2, -0.15) is 4.98 Å². The number of aromatic hydroxyl groups is 2. The summed E-state index contributed by atoms with van der Waals surface area (Å²) in [6, 6.07) is 0. The highest BCUT2D eigenvalue weighted by Gasteiger charge is 2.03. The van der Waals surface area contributed by atoms with Crippen LogP contribution < -0.4 is 0 Å². The minimum atomic E-state index is -0.215. The van der Waals surface area contributed by atoms with Gasteiger partial charge in [0.15, 0.2) is 5.15 Å². The molecular weight excluding hydrogens is 150 g/mol. The Morgan fingerprint density at radius 1 is 1.50 bits per heavy atom. The van der Waals surface area contributed by atoms with E-state index in [2.05, 4.69) is 4.98 Å². The first-order valence-corrected chi connectivity index (χ1v) is 2.94. The van der Waals surface area contributed by atoms with Gasteiger partial charge in [-0.15, -0.1) is 0 Å². The SMILES string of the molecule is Oc1nc(Cl)c(O)s1. The van der Waals surface area contributed by atoms with Crippen molar-refractivity contribution in [3.63, 3.8) is 0 Å². The van der Waals surface area contributed by atoms with Gasteiger partial charge in [0.2, 0.25) is 5.06 Å². The van der Waals surface area contributed by atoms with E-state index in [1.165, 1.54) is 0 Å². The Morgan fingerprint density at radius 2 is 2.12 bits per heavy atom. The normalized spacial score (nSPS) is 9.62. The van der Waals surface area contributed by atoms with Crippen LogP contribution in [0.15, 0.2) is 0 Å². The van der Waals surface area contributed by atoms with Gasteiger partial charge in [0.05, 0.1) is 0 Å². The number of thiazole rings is 1. The second-order valence-corrected chi connectivity index (χ2v) is 2.41. The molecule has 8 heavy (non-hydrogen) atoms. The van der Waals surface area contributed by atoms with E-state index in [0.29, 0.717) is 0 Å². The summed E-state index contributed by atoms with van der Waals surface area (Å²) in [7, 11) is 0. The van der Waals surface area contributed by atoms with Gasteiger partial charge in [-0.05, 0) is 11.3 Å². The zero-order valence-corrected chi connectivity index (χ0v) is 5.20. The van der Waals surface area contributed by atoms with Crippen LogP contribution in [0.4, 0.5) is 0 Å². The Hall–Kier alpha value is -0.480. The highest BCUT2D eigenvalue weighted by molar-refractivity contribution is 7.15. The standard InChI is InChI=1S/C3H2ClNO2S/c4-1-2(6)8-3(7)5-1/h6H,(H,5,7). The molecule has 0 atom stereocenters. The maximum absolute atomic E-state index is 8.60. The maximum atomic E-state index is 8.60. The average Bonchev–Trinajstić information content (AvgIpc) is 1.85. The lowest BCUT2D eigenvalue weighted by molar-refractivity contribution is 0.471. The zero-order valence-electron chi connectivity index (χ0n) is 3.63. The Kier molecular flexibility index (Phi) is 1.27. The van der Waals surface area contributed by atoms with Gasteiger partial charge >= 0.3 is 0 Å². The molecule has 0 aliphatic carbocycles. The van der Waals surface area contributed by atoms with Crippen LogP contribution in [0.5, 0.6) is 10.3 Å². The van der Waals surface area contributed by atoms with E-state index >= 15 is 0 Å². The maximum Gasteiger partial charge on any atom is 0.275 e. The fourth-order valence-electron chi connectivity index (χ4n) is 0.283. The summed E-state index contributed by atoms with van der Waals surface area (Å²) < 4.78 is 0. The third-order valence-corrected chi connectivity index (χ3v) is 1.59. The number of nitrogens with zero attached hydrogens (tertiary/aromatic N) is 1. The molecule has 0 aromatic carbocycles. The minimum Gasteiger partial charge on any atom is -0.497 e. The van der Waals surface area contributed by atoms with Gasteiger partial charge in [-0.1, -0.05) is 11.6 Å². The quantitative estimate of drug-likeness (QED) is 0.586. The Balaban J connectivity index is 3.14. The molecule has 3 nitrogen and oxygen atoms in total. The number of rotatable bonds is 0. The van der Waals surface area contributed by atoms with Crippen LogP contribution in [0, 0.1) is 0 Å². The molecule has 1 aromatic rings. The number of halogens is 1. The summed E-state index contributed by atoms with van der Waals surface area (Å²) in [4.78, 5) is 3.30. The second-order valence-electron chi connectivity index (χ2n) is 1.09. The van der Waals surface area contributed by atoms with Gasteiger partial charge in [-0.3, -0.25) is 0 Å². The molecule has 0 bridgehead atoms. The molecule has 1 aromatic heterocycles. The van der Waals surface area contributed by atoms with Gasteiger partial charge < -0.3 is 10.2 Å². The lowest BCUT2D eigenvalue weighted by Gasteiger charge is -1.73. The highest BCUT2D eigenvalue weighted by Crippen LogP contribution is 2.33. The van der Waals surface area contributed by atoms with E-state index in [4.69, 9.17) is 21.8 Å². The summed E-state index contributed by atoms with van der Waals surface area (Å²) in [5.41, 5.74) is 0. The van der Waals surface area contributed by atoms with Crippen LogP contribution in [0.3, 0.4) is 0 Å². The predicted octanol–water partition coefficient (Wildman–Crippen LogP) is 1.21. The van der Waals surface area contributed by atoms with Crippen LogP contribution >= 0.6 is 22.9 Å². The van der Waals surface area contributed by atoms with Crippen LogP contribution in [-0.2, 0) is 0 Å². The first-order chi connectivity index (χ1) is 3.70. The lowest BCUT2D eigenvalue weighted by atomic mass is 10.9. The number of hydrogen-bond acceptors (Lipinski definition) is 4. The van der Waals surface area contributed by atoms with Crippen molar-refractivity contribution in [2.24, 2.45) is 0 Å². The third-order valence-electron chi connectivity index (χ3n) is 0.558. The van der Waals surface area contributed by atoms with Crippen LogP contribution in [-0.4, -0.2) is 15.2 Å². The molecule has 0 aliphatic rings. The fourth-order valence-corrected chi connectivity index (χ4v) is 0.969. The predicted molar refractivity (Wildman–Crippen MR) is 30.5 cm³/mol. The van der Waals surface area contributed by atoms with Crippen molar-refractivity contribution in [1.82, 2.24) is 4.98 Å². The highest BCUT2D eigenvalue weighted by atomic mass is 35.5. The molecule has 1 rings (SSSR count). The van der Waals surface area contributed by atoms with Crippen LogP contribution in [0.2, 0.25) is 5.15 Å². The minimum absolute atomic E-state index is 0.0486. The second kappa shape index (κ2) is 1.80. The van der Waals surface area contributed by atoms with E-state index in [1.807, 2.05) is 0 Å². The first kappa shape index (κ1) is 5.65.